The second kappa shape index (κ2) is 8.06. The van der Waals surface area contributed by atoms with Crippen LogP contribution in [0, 0.1) is 27.7 Å². The number of aromatic nitrogens is 1. The van der Waals surface area contributed by atoms with Crippen LogP contribution in [-0.2, 0) is 0 Å². The fraction of sp³-hybridized carbons (Fsp3) is 0.125. The quantitative estimate of drug-likeness (QED) is 0.263. The fourth-order valence-corrected chi connectivity index (χ4v) is 5.25. The Balaban J connectivity index is 1.79. The van der Waals surface area contributed by atoms with Gasteiger partial charge in [0.1, 0.15) is 0 Å². The second-order valence-corrected chi connectivity index (χ2v) is 9.70. The summed E-state index contributed by atoms with van der Waals surface area (Å²) in [5.41, 5.74) is 8.98. The van der Waals surface area contributed by atoms with Gasteiger partial charge in [-0.3, -0.25) is 9.59 Å². The third-order valence-electron chi connectivity index (χ3n) is 7.12. The van der Waals surface area contributed by atoms with Gasteiger partial charge in [-0.25, -0.2) is 4.68 Å². The molecule has 6 rings (SSSR count). The predicted molar refractivity (Wildman–Crippen MR) is 145 cm³/mol. The number of rotatable bonds is 3. The molecule has 4 nitrogen and oxygen atoms in total. The molecule has 1 aliphatic heterocycles. The average molecular weight is 471 g/mol. The minimum Gasteiger partial charge on any atom is -0.267 e. The number of carbonyl (C=O) groups is 2. The second-order valence-electron chi connectivity index (χ2n) is 9.70. The van der Waals surface area contributed by atoms with Crippen LogP contribution in [-0.4, -0.2) is 16.5 Å². The van der Waals surface area contributed by atoms with Gasteiger partial charge in [0.15, 0.2) is 0 Å². The van der Waals surface area contributed by atoms with Crippen LogP contribution in [0.2, 0.25) is 0 Å². The summed E-state index contributed by atoms with van der Waals surface area (Å²) in [6.07, 6.45) is 0. The Hall–Kier alpha value is -4.44. The summed E-state index contributed by atoms with van der Waals surface area (Å²) >= 11 is 0. The first kappa shape index (κ1) is 22.1. The molecular weight excluding hydrogens is 444 g/mol. The lowest BCUT2D eigenvalue weighted by atomic mass is 9.98. The van der Waals surface area contributed by atoms with Gasteiger partial charge in [0, 0.05) is 21.9 Å². The molecule has 176 valence electrons. The van der Waals surface area contributed by atoms with Crippen LogP contribution in [0.4, 0.5) is 0 Å². The molecule has 0 aliphatic carbocycles. The summed E-state index contributed by atoms with van der Waals surface area (Å²) < 4.78 is 1.86. The first-order chi connectivity index (χ1) is 17.3. The van der Waals surface area contributed by atoms with Gasteiger partial charge in [0.25, 0.3) is 11.8 Å². The minimum atomic E-state index is -0.313. The van der Waals surface area contributed by atoms with E-state index in [1.165, 1.54) is 5.01 Å². The number of carbonyl (C=O) groups excluding carboxylic acids is 2. The van der Waals surface area contributed by atoms with E-state index < -0.39 is 0 Å². The zero-order valence-electron chi connectivity index (χ0n) is 20.8. The van der Waals surface area contributed by atoms with Gasteiger partial charge in [-0.2, -0.15) is 5.01 Å². The van der Waals surface area contributed by atoms with Gasteiger partial charge in [-0.05, 0) is 75.2 Å². The van der Waals surface area contributed by atoms with Crippen molar-refractivity contribution in [1.82, 2.24) is 4.68 Å². The summed E-state index contributed by atoms with van der Waals surface area (Å²) in [4.78, 5) is 27.6. The molecule has 0 bridgehead atoms. The van der Waals surface area contributed by atoms with Crippen molar-refractivity contribution in [1.29, 1.82) is 0 Å². The number of amides is 2. The van der Waals surface area contributed by atoms with Crippen molar-refractivity contribution in [3.8, 4) is 22.5 Å². The van der Waals surface area contributed by atoms with Crippen molar-refractivity contribution in [3.05, 3.63) is 118 Å². The van der Waals surface area contributed by atoms with Gasteiger partial charge in [-0.1, -0.05) is 59.7 Å². The molecule has 0 N–H and O–H groups in total. The SMILES string of the molecule is Cc1cccc(-c2c3cc(C)c(C)cc3c(-c3cccc(C)c3)n2N2C(=O)c3ccccc3C2=O)c1. The van der Waals surface area contributed by atoms with E-state index in [0.29, 0.717) is 11.1 Å². The van der Waals surface area contributed by atoms with Gasteiger partial charge in [0.05, 0.1) is 22.5 Å². The van der Waals surface area contributed by atoms with E-state index in [1.54, 1.807) is 24.3 Å². The molecule has 36 heavy (non-hydrogen) atoms. The molecule has 0 saturated heterocycles. The molecule has 4 aromatic carbocycles. The average Bonchev–Trinajstić information content (AvgIpc) is 3.30. The number of imide groups is 1. The van der Waals surface area contributed by atoms with E-state index in [1.807, 2.05) is 28.9 Å². The van der Waals surface area contributed by atoms with Crippen LogP contribution in [0.3, 0.4) is 0 Å². The minimum absolute atomic E-state index is 0.313. The van der Waals surface area contributed by atoms with Crippen molar-refractivity contribution in [2.45, 2.75) is 27.7 Å². The fourth-order valence-electron chi connectivity index (χ4n) is 5.25. The maximum absolute atomic E-state index is 13.8. The molecule has 0 spiro atoms. The Labute approximate surface area is 210 Å². The zero-order chi connectivity index (χ0) is 25.1. The maximum atomic E-state index is 13.8. The molecule has 0 fully saturated rings. The lowest BCUT2D eigenvalue weighted by Gasteiger charge is -2.23. The Morgan fingerprint density at radius 3 is 1.39 bits per heavy atom. The number of fused-ring (bicyclic) bond motifs is 2. The Kier molecular flexibility index (Phi) is 4.94. The molecule has 0 atom stereocenters. The molecule has 0 unspecified atom stereocenters. The van der Waals surface area contributed by atoms with E-state index in [-0.39, 0.29) is 11.8 Å². The predicted octanol–water partition coefficient (Wildman–Crippen LogP) is 7.14. The highest BCUT2D eigenvalue weighted by Crippen LogP contribution is 2.42. The highest BCUT2D eigenvalue weighted by atomic mass is 16.2. The lowest BCUT2D eigenvalue weighted by molar-refractivity contribution is 0.0888. The Bertz CT molecular complexity index is 1600. The van der Waals surface area contributed by atoms with E-state index in [4.69, 9.17) is 0 Å². The number of nitrogens with zero attached hydrogens (tertiary/aromatic N) is 2. The Morgan fingerprint density at radius 1 is 0.528 bits per heavy atom. The number of hydrogen-bond acceptors (Lipinski definition) is 2. The van der Waals surface area contributed by atoms with E-state index in [2.05, 4.69) is 64.1 Å². The highest BCUT2D eigenvalue weighted by molar-refractivity contribution is 6.31. The highest BCUT2D eigenvalue weighted by Gasteiger charge is 2.40. The van der Waals surface area contributed by atoms with Crippen LogP contribution in [0.15, 0.2) is 84.9 Å². The summed E-state index contributed by atoms with van der Waals surface area (Å²) in [6.45, 7) is 8.30. The van der Waals surface area contributed by atoms with Crippen molar-refractivity contribution in [3.63, 3.8) is 0 Å². The van der Waals surface area contributed by atoms with E-state index in [0.717, 1.165) is 55.5 Å². The molecule has 0 radical (unpaired) electrons. The standard InChI is InChI=1S/C32H26N2O2/c1-19-9-7-11-23(15-19)29-27-17-21(3)22(4)18-28(27)30(24-12-8-10-20(2)16-24)33(29)34-31(35)25-13-5-6-14-26(25)32(34)36/h5-18H,1-4H3. The molecule has 0 saturated carbocycles. The Morgan fingerprint density at radius 2 is 0.972 bits per heavy atom. The maximum Gasteiger partial charge on any atom is 0.281 e. The van der Waals surface area contributed by atoms with Crippen LogP contribution >= 0.6 is 0 Å². The van der Waals surface area contributed by atoms with Gasteiger partial charge < -0.3 is 0 Å². The number of aryl methyl sites for hydroxylation is 4. The molecule has 2 heterocycles. The molecular formula is C32H26N2O2. The van der Waals surface area contributed by atoms with Crippen molar-refractivity contribution in [2.24, 2.45) is 0 Å². The van der Waals surface area contributed by atoms with Crippen molar-refractivity contribution in [2.75, 3.05) is 5.01 Å². The van der Waals surface area contributed by atoms with Crippen molar-refractivity contribution < 1.29 is 9.59 Å². The normalized spacial score (nSPS) is 13.1. The lowest BCUT2D eigenvalue weighted by Crippen LogP contribution is -2.40. The summed E-state index contributed by atoms with van der Waals surface area (Å²) in [6, 6.07) is 27.9. The molecule has 5 aromatic rings. The zero-order valence-corrected chi connectivity index (χ0v) is 20.8. The monoisotopic (exact) mass is 470 g/mol. The third-order valence-corrected chi connectivity index (χ3v) is 7.12. The van der Waals surface area contributed by atoms with E-state index in [9.17, 15) is 9.59 Å². The van der Waals surface area contributed by atoms with Crippen LogP contribution < -0.4 is 5.01 Å². The molecule has 1 aliphatic rings. The van der Waals surface area contributed by atoms with Crippen LogP contribution in [0.5, 0.6) is 0 Å². The summed E-state index contributed by atoms with van der Waals surface area (Å²) in [5, 5.41) is 3.35. The number of benzene rings is 4. The van der Waals surface area contributed by atoms with Crippen molar-refractivity contribution >= 4 is 22.6 Å². The van der Waals surface area contributed by atoms with Crippen LogP contribution in [0.25, 0.3) is 33.3 Å². The summed E-state index contributed by atoms with van der Waals surface area (Å²) in [5.74, 6) is -0.626. The van der Waals surface area contributed by atoms with Gasteiger partial charge in [-0.15, -0.1) is 0 Å². The first-order valence-electron chi connectivity index (χ1n) is 12.1. The van der Waals surface area contributed by atoms with Gasteiger partial charge >= 0.3 is 0 Å². The van der Waals surface area contributed by atoms with Gasteiger partial charge in [0.2, 0.25) is 0 Å². The van der Waals surface area contributed by atoms with Crippen LogP contribution in [0.1, 0.15) is 43.0 Å². The topological polar surface area (TPSA) is 42.3 Å². The molecule has 2 amide bonds. The summed E-state index contributed by atoms with van der Waals surface area (Å²) in [7, 11) is 0. The number of hydrogen-bond donors (Lipinski definition) is 0. The first-order valence-corrected chi connectivity index (χ1v) is 12.1. The smallest absolute Gasteiger partial charge is 0.267 e. The molecule has 4 heteroatoms. The largest absolute Gasteiger partial charge is 0.281 e. The third kappa shape index (κ3) is 3.22. The molecule has 1 aromatic heterocycles. The van der Waals surface area contributed by atoms with E-state index >= 15 is 0 Å².